The number of nitrogens with one attached hydrogen (secondary N) is 1. The number of benzene rings is 3. The highest BCUT2D eigenvalue weighted by atomic mass is 14.9. The minimum atomic E-state index is 0.333. The summed E-state index contributed by atoms with van der Waals surface area (Å²) in [7, 11) is 0. The molecule has 1 heteroatoms. The number of aryl methyl sites for hydroxylation is 1. The van der Waals surface area contributed by atoms with Crippen LogP contribution in [0.25, 0.3) is 0 Å². The smallest absolute Gasteiger partial charge is 0.0386 e. The Hall–Kier alpha value is -2.38. The van der Waals surface area contributed by atoms with Crippen LogP contribution < -0.4 is 5.32 Å². The third-order valence-corrected chi connectivity index (χ3v) is 4.83. The first-order chi connectivity index (χ1) is 12.3. The lowest BCUT2D eigenvalue weighted by Gasteiger charge is -2.26. The Balaban J connectivity index is 1.65. The van der Waals surface area contributed by atoms with Gasteiger partial charge in [0.1, 0.15) is 0 Å². The summed E-state index contributed by atoms with van der Waals surface area (Å²) in [6, 6.07) is 32.7. The van der Waals surface area contributed by atoms with Gasteiger partial charge in [0.15, 0.2) is 0 Å². The maximum Gasteiger partial charge on any atom is 0.0386 e. The van der Waals surface area contributed by atoms with Crippen LogP contribution in [0.15, 0.2) is 91.0 Å². The zero-order valence-corrected chi connectivity index (χ0v) is 14.9. The minimum Gasteiger partial charge on any atom is -0.309 e. The molecule has 0 saturated carbocycles. The van der Waals surface area contributed by atoms with E-state index in [0.29, 0.717) is 12.0 Å². The maximum atomic E-state index is 3.80. The van der Waals surface area contributed by atoms with Crippen LogP contribution in [0.1, 0.15) is 42.0 Å². The van der Waals surface area contributed by atoms with Gasteiger partial charge in [-0.05, 0) is 36.1 Å². The highest BCUT2D eigenvalue weighted by Gasteiger charge is 2.19. The molecule has 25 heavy (non-hydrogen) atoms. The van der Waals surface area contributed by atoms with Crippen molar-refractivity contribution < 1.29 is 0 Å². The van der Waals surface area contributed by atoms with Crippen molar-refractivity contribution in [2.75, 3.05) is 6.54 Å². The van der Waals surface area contributed by atoms with Gasteiger partial charge in [-0.15, -0.1) is 0 Å². The van der Waals surface area contributed by atoms with Gasteiger partial charge in [0.25, 0.3) is 0 Å². The van der Waals surface area contributed by atoms with Crippen LogP contribution in [-0.4, -0.2) is 6.54 Å². The van der Waals surface area contributed by atoms with Gasteiger partial charge in [-0.1, -0.05) is 97.9 Å². The number of hydrogen-bond donors (Lipinski definition) is 1. The molecule has 0 saturated heterocycles. The van der Waals surface area contributed by atoms with Gasteiger partial charge in [-0.3, -0.25) is 0 Å². The molecule has 1 unspecified atom stereocenters. The van der Waals surface area contributed by atoms with Crippen LogP contribution in [0.2, 0.25) is 0 Å². The molecule has 1 nitrogen and oxygen atoms in total. The first kappa shape index (κ1) is 17.4. The van der Waals surface area contributed by atoms with Gasteiger partial charge in [-0.2, -0.15) is 0 Å². The third-order valence-electron chi connectivity index (χ3n) is 4.83. The second-order valence-electron chi connectivity index (χ2n) is 6.63. The summed E-state index contributed by atoms with van der Waals surface area (Å²) in [4.78, 5) is 0. The van der Waals surface area contributed by atoms with Gasteiger partial charge in [-0.25, -0.2) is 0 Å². The first-order valence-electron chi connectivity index (χ1n) is 9.22. The molecule has 3 aromatic carbocycles. The highest BCUT2D eigenvalue weighted by molar-refractivity contribution is 5.27. The summed E-state index contributed by atoms with van der Waals surface area (Å²) in [6.07, 6.45) is 2.27. The van der Waals surface area contributed by atoms with Crippen molar-refractivity contribution in [3.8, 4) is 0 Å². The molecular formula is C24H27N. The fourth-order valence-electron chi connectivity index (χ4n) is 3.39. The van der Waals surface area contributed by atoms with Crippen molar-refractivity contribution in [1.82, 2.24) is 5.32 Å². The van der Waals surface area contributed by atoms with E-state index >= 15 is 0 Å². The van der Waals surface area contributed by atoms with Crippen molar-refractivity contribution >= 4 is 0 Å². The molecular weight excluding hydrogens is 302 g/mol. The van der Waals surface area contributed by atoms with E-state index in [1.807, 2.05) is 0 Å². The van der Waals surface area contributed by atoms with Crippen LogP contribution >= 0.6 is 0 Å². The van der Waals surface area contributed by atoms with Gasteiger partial charge >= 0.3 is 0 Å². The van der Waals surface area contributed by atoms with Crippen molar-refractivity contribution in [2.24, 2.45) is 0 Å². The minimum absolute atomic E-state index is 0.333. The lowest BCUT2D eigenvalue weighted by atomic mass is 9.88. The molecule has 0 aliphatic rings. The van der Waals surface area contributed by atoms with Crippen LogP contribution in [0, 0.1) is 0 Å². The second kappa shape index (κ2) is 9.19. The molecule has 3 aromatic rings. The Bertz CT molecular complexity index is 722. The molecule has 3 rings (SSSR count). The van der Waals surface area contributed by atoms with Crippen molar-refractivity contribution in [3.05, 3.63) is 108 Å². The Labute approximate surface area is 151 Å². The normalized spacial score (nSPS) is 13.3. The SMILES string of the molecule is C[C@H](c1ccccc1)C(NCCCc1ccccc1)c1ccccc1. The van der Waals surface area contributed by atoms with E-state index in [1.54, 1.807) is 0 Å². The fourth-order valence-corrected chi connectivity index (χ4v) is 3.39. The second-order valence-corrected chi connectivity index (χ2v) is 6.63. The van der Waals surface area contributed by atoms with Crippen molar-refractivity contribution in [1.29, 1.82) is 0 Å². The predicted molar refractivity (Wildman–Crippen MR) is 107 cm³/mol. The van der Waals surface area contributed by atoms with Crippen LogP contribution in [0.4, 0.5) is 0 Å². The van der Waals surface area contributed by atoms with E-state index in [0.717, 1.165) is 19.4 Å². The van der Waals surface area contributed by atoms with E-state index in [-0.39, 0.29) is 0 Å². The number of rotatable bonds is 8. The molecule has 128 valence electrons. The summed E-state index contributed by atoms with van der Waals surface area (Å²) in [6.45, 7) is 3.34. The van der Waals surface area contributed by atoms with E-state index in [2.05, 4.69) is 103 Å². The zero-order chi connectivity index (χ0) is 17.3. The molecule has 0 radical (unpaired) electrons. The molecule has 0 aliphatic heterocycles. The molecule has 0 spiro atoms. The van der Waals surface area contributed by atoms with E-state index in [1.165, 1.54) is 16.7 Å². The monoisotopic (exact) mass is 329 g/mol. The van der Waals surface area contributed by atoms with Crippen LogP contribution in [-0.2, 0) is 6.42 Å². The van der Waals surface area contributed by atoms with Crippen LogP contribution in [0.3, 0.4) is 0 Å². The van der Waals surface area contributed by atoms with Gasteiger partial charge in [0.2, 0.25) is 0 Å². The van der Waals surface area contributed by atoms with Gasteiger partial charge in [0, 0.05) is 12.0 Å². The average molecular weight is 329 g/mol. The molecule has 0 heterocycles. The predicted octanol–water partition coefficient (Wildman–Crippen LogP) is 5.75. The van der Waals surface area contributed by atoms with Crippen molar-refractivity contribution in [3.63, 3.8) is 0 Å². The summed E-state index contributed by atoms with van der Waals surface area (Å²) >= 11 is 0. The quantitative estimate of drug-likeness (QED) is 0.519. The van der Waals surface area contributed by atoms with E-state index in [4.69, 9.17) is 0 Å². The highest BCUT2D eigenvalue weighted by Crippen LogP contribution is 2.30. The van der Waals surface area contributed by atoms with Crippen molar-refractivity contribution in [2.45, 2.75) is 31.7 Å². The van der Waals surface area contributed by atoms with E-state index < -0.39 is 0 Å². The molecule has 1 N–H and O–H groups in total. The summed E-state index contributed by atoms with van der Waals surface area (Å²) in [5.41, 5.74) is 4.15. The molecule has 0 fully saturated rings. The first-order valence-corrected chi connectivity index (χ1v) is 9.22. The Kier molecular flexibility index (Phi) is 6.42. The van der Waals surface area contributed by atoms with Gasteiger partial charge in [0.05, 0.1) is 0 Å². The Morgan fingerprint density at radius 2 is 1.20 bits per heavy atom. The van der Waals surface area contributed by atoms with Gasteiger partial charge < -0.3 is 5.32 Å². The molecule has 0 amide bonds. The summed E-state index contributed by atoms with van der Waals surface area (Å²) < 4.78 is 0. The lowest BCUT2D eigenvalue weighted by molar-refractivity contribution is 0.461. The summed E-state index contributed by atoms with van der Waals surface area (Å²) in [5.74, 6) is 0.431. The summed E-state index contributed by atoms with van der Waals surface area (Å²) in [5, 5.41) is 3.80. The zero-order valence-electron chi connectivity index (χ0n) is 14.9. The lowest BCUT2D eigenvalue weighted by Crippen LogP contribution is -2.27. The topological polar surface area (TPSA) is 12.0 Å². The number of hydrogen-bond acceptors (Lipinski definition) is 1. The standard InChI is InChI=1S/C24H27N/c1-20(22-15-7-3-8-16-22)24(23-17-9-4-10-18-23)25-19-11-14-21-12-5-2-6-13-21/h2-10,12-13,15-18,20,24-25H,11,14,19H2,1H3/t20-,24?/m1/s1. The Morgan fingerprint density at radius 1 is 0.680 bits per heavy atom. The fraction of sp³-hybridized carbons (Fsp3) is 0.250. The molecule has 0 aromatic heterocycles. The van der Waals surface area contributed by atoms with E-state index in [9.17, 15) is 0 Å². The molecule has 0 bridgehead atoms. The van der Waals surface area contributed by atoms with Crippen LogP contribution in [0.5, 0.6) is 0 Å². The largest absolute Gasteiger partial charge is 0.309 e. The average Bonchev–Trinajstić information content (AvgIpc) is 2.70. The molecule has 0 aliphatic carbocycles. The maximum absolute atomic E-state index is 3.80. The Morgan fingerprint density at radius 3 is 1.80 bits per heavy atom. The molecule has 2 atom stereocenters. The third kappa shape index (κ3) is 5.04.